The van der Waals surface area contributed by atoms with Crippen LogP contribution in [0.1, 0.15) is 31.2 Å². The minimum absolute atomic E-state index is 0.861. The van der Waals surface area contributed by atoms with Crippen LogP contribution in [0.3, 0.4) is 0 Å². The lowest BCUT2D eigenvalue weighted by molar-refractivity contribution is 0.122. The van der Waals surface area contributed by atoms with Crippen LogP contribution in [-0.4, -0.2) is 49.1 Å². The molecule has 1 aromatic carbocycles. The van der Waals surface area contributed by atoms with Gasteiger partial charge >= 0.3 is 0 Å². The third-order valence-corrected chi connectivity index (χ3v) is 4.86. The summed E-state index contributed by atoms with van der Waals surface area (Å²) in [6, 6.07) is 9.70. The molecule has 0 bridgehead atoms. The smallest absolute Gasteiger partial charge is 0.0337 e. The topological polar surface area (TPSA) is 18.5 Å². The summed E-state index contributed by atoms with van der Waals surface area (Å²) in [4.78, 5) is 5.33. The maximum absolute atomic E-state index is 3.18. The number of likely N-dealkylation sites (tertiary alicyclic amines) is 2. The SMILES string of the molecule is CNc1ccc(CN2CCC(N3CCCC3)CC2)cc1. The fourth-order valence-electron chi connectivity index (χ4n) is 3.58. The first-order valence-corrected chi connectivity index (χ1v) is 8.08. The number of hydrogen-bond donors (Lipinski definition) is 1. The number of anilines is 1. The van der Waals surface area contributed by atoms with E-state index in [9.17, 15) is 0 Å². The Kier molecular flexibility index (Phi) is 4.58. The van der Waals surface area contributed by atoms with Crippen molar-refractivity contribution in [3.8, 4) is 0 Å². The molecule has 0 aromatic heterocycles. The normalized spacial score (nSPS) is 22.2. The highest BCUT2D eigenvalue weighted by molar-refractivity contribution is 5.43. The lowest BCUT2D eigenvalue weighted by Crippen LogP contribution is -2.43. The van der Waals surface area contributed by atoms with Gasteiger partial charge in [0.1, 0.15) is 0 Å². The number of nitrogens with one attached hydrogen (secondary N) is 1. The van der Waals surface area contributed by atoms with Gasteiger partial charge in [0.15, 0.2) is 0 Å². The molecule has 0 spiro atoms. The van der Waals surface area contributed by atoms with E-state index in [1.165, 1.54) is 63.1 Å². The van der Waals surface area contributed by atoms with E-state index in [1.54, 1.807) is 0 Å². The van der Waals surface area contributed by atoms with Crippen molar-refractivity contribution in [3.05, 3.63) is 29.8 Å². The molecule has 1 aromatic rings. The molecule has 2 aliphatic rings. The summed E-state index contributed by atoms with van der Waals surface area (Å²) in [5.41, 5.74) is 2.63. The molecule has 1 N–H and O–H groups in total. The van der Waals surface area contributed by atoms with Gasteiger partial charge in [-0.15, -0.1) is 0 Å². The van der Waals surface area contributed by atoms with Gasteiger partial charge in [0, 0.05) is 25.3 Å². The maximum Gasteiger partial charge on any atom is 0.0337 e. The number of nitrogens with zero attached hydrogens (tertiary/aromatic N) is 2. The molecule has 3 heteroatoms. The molecule has 0 atom stereocenters. The van der Waals surface area contributed by atoms with E-state index in [4.69, 9.17) is 0 Å². The van der Waals surface area contributed by atoms with Gasteiger partial charge in [-0.1, -0.05) is 12.1 Å². The average Bonchev–Trinajstić information content (AvgIpc) is 3.03. The van der Waals surface area contributed by atoms with E-state index >= 15 is 0 Å². The molecular weight excluding hydrogens is 246 g/mol. The number of piperidine rings is 1. The minimum atomic E-state index is 0.861. The zero-order chi connectivity index (χ0) is 13.8. The molecule has 3 nitrogen and oxygen atoms in total. The number of hydrogen-bond acceptors (Lipinski definition) is 3. The standard InChI is InChI=1S/C17H27N3/c1-18-16-6-4-15(5-7-16)14-19-12-8-17(9-13-19)20-10-2-3-11-20/h4-7,17-18H,2-3,8-14H2,1H3. The minimum Gasteiger partial charge on any atom is -0.388 e. The zero-order valence-electron chi connectivity index (χ0n) is 12.6. The molecule has 2 heterocycles. The molecule has 0 amide bonds. The largest absolute Gasteiger partial charge is 0.388 e. The summed E-state index contributed by atoms with van der Waals surface area (Å²) in [6.07, 6.45) is 5.54. The average molecular weight is 273 g/mol. The second-order valence-electron chi connectivity index (χ2n) is 6.20. The number of benzene rings is 1. The van der Waals surface area contributed by atoms with Gasteiger partial charge in [-0.25, -0.2) is 0 Å². The molecule has 2 fully saturated rings. The van der Waals surface area contributed by atoms with E-state index in [-0.39, 0.29) is 0 Å². The summed E-state index contributed by atoms with van der Waals surface area (Å²) in [6.45, 7) is 6.31. The van der Waals surface area contributed by atoms with E-state index in [1.807, 2.05) is 7.05 Å². The van der Waals surface area contributed by atoms with Crippen LogP contribution in [0, 0.1) is 0 Å². The lowest BCUT2D eigenvalue weighted by atomic mass is 10.0. The van der Waals surface area contributed by atoms with Crippen LogP contribution in [0.4, 0.5) is 5.69 Å². The molecule has 2 saturated heterocycles. The van der Waals surface area contributed by atoms with Crippen molar-refractivity contribution in [3.63, 3.8) is 0 Å². The van der Waals surface area contributed by atoms with E-state index in [0.717, 1.165) is 12.6 Å². The van der Waals surface area contributed by atoms with Gasteiger partial charge in [-0.3, -0.25) is 4.90 Å². The molecule has 110 valence electrons. The van der Waals surface area contributed by atoms with Crippen LogP contribution >= 0.6 is 0 Å². The van der Waals surface area contributed by atoms with Crippen LogP contribution < -0.4 is 5.32 Å². The Labute approximate surface area is 123 Å². The van der Waals surface area contributed by atoms with E-state index in [0.29, 0.717) is 0 Å². The summed E-state index contributed by atoms with van der Waals surface area (Å²) in [5.74, 6) is 0. The second kappa shape index (κ2) is 6.59. The van der Waals surface area contributed by atoms with Crippen molar-refractivity contribution in [1.29, 1.82) is 0 Å². The van der Waals surface area contributed by atoms with Crippen LogP contribution in [0.5, 0.6) is 0 Å². The predicted octanol–water partition coefficient (Wildman–Crippen LogP) is 2.79. The third kappa shape index (κ3) is 3.33. The molecule has 20 heavy (non-hydrogen) atoms. The first-order valence-electron chi connectivity index (χ1n) is 8.08. The summed E-state index contributed by atoms with van der Waals surface area (Å²) < 4.78 is 0. The quantitative estimate of drug-likeness (QED) is 0.910. The van der Waals surface area contributed by atoms with Gasteiger partial charge in [0.05, 0.1) is 0 Å². The zero-order valence-corrected chi connectivity index (χ0v) is 12.6. The Morgan fingerprint density at radius 2 is 1.65 bits per heavy atom. The fourth-order valence-corrected chi connectivity index (χ4v) is 3.58. The van der Waals surface area contributed by atoms with Crippen molar-refractivity contribution in [2.45, 2.75) is 38.3 Å². The monoisotopic (exact) mass is 273 g/mol. The van der Waals surface area contributed by atoms with Gasteiger partial charge in [0.25, 0.3) is 0 Å². The van der Waals surface area contributed by atoms with Gasteiger partial charge < -0.3 is 10.2 Å². The first kappa shape index (κ1) is 13.9. The van der Waals surface area contributed by atoms with Crippen molar-refractivity contribution < 1.29 is 0 Å². The van der Waals surface area contributed by atoms with E-state index < -0.39 is 0 Å². The third-order valence-electron chi connectivity index (χ3n) is 4.86. The van der Waals surface area contributed by atoms with Crippen molar-refractivity contribution in [1.82, 2.24) is 9.80 Å². The van der Waals surface area contributed by atoms with Crippen LogP contribution in [0.15, 0.2) is 24.3 Å². The highest BCUT2D eigenvalue weighted by Crippen LogP contribution is 2.22. The summed E-state index contributed by atoms with van der Waals surface area (Å²) >= 11 is 0. The lowest BCUT2D eigenvalue weighted by Gasteiger charge is -2.36. The van der Waals surface area contributed by atoms with Crippen LogP contribution in [0.25, 0.3) is 0 Å². The van der Waals surface area contributed by atoms with Crippen molar-refractivity contribution >= 4 is 5.69 Å². The second-order valence-corrected chi connectivity index (χ2v) is 6.20. The Balaban J connectivity index is 1.47. The van der Waals surface area contributed by atoms with E-state index in [2.05, 4.69) is 39.4 Å². The maximum atomic E-state index is 3.18. The first-order chi connectivity index (χ1) is 9.85. The van der Waals surface area contributed by atoms with Crippen LogP contribution in [-0.2, 0) is 6.54 Å². The highest BCUT2D eigenvalue weighted by atomic mass is 15.2. The highest BCUT2D eigenvalue weighted by Gasteiger charge is 2.26. The van der Waals surface area contributed by atoms with Crippen LogP contribution in [0.2, 0.25) is 0 Å². The Morgan fingerprint density at radius 3 is 2.25 bits per heavy atom. The van der Waals surface area contributed by atoms with Gasteiger partial charge in [-0.2, -0.15) is 0 Å². The fraction of sp³-hybridized carbons (Fsp3) is 0.647. The molecule has 3 rings (SSSR count). The molecule has 0 aliphatic carbocycles. The Bertz CT molecular complexity index is 401. The molecule has 0 unspecified atom stereocenters. The molecule has 0 saturated carbocycles. The molecular formula is C17H27N3. The molecule has 0 radical (unpaired) electrons. The summed E-state index contributed by atoms with van der Waals surface area (Å²) in [7, 11) is 1.97. The van der Waals surface area contributed by atoms with Crippen molar-refractivity contribution in [2.24, 2.45) is 0 Å². The molecule has 2 aliphatic heterocycles. The van der Waals surface area contributed by atoms with Crippen molar-refractivity contribution in [2.75, 3.05) is 38.5 Å². The Hall–Kier alpha value is -1.06. The van der Waals surface area contributed by atoms with Gasteiger partial charge in [0.2, 0.25) is 0 Å². The predicted molar refractivity (Wildman–Crippen MR) is 85.1 cm³/mol. The van der Waals surface area contributed by atoms with Gasteiger partial charge in [-0.05, 0) is 69.6 Å². The summed E-state index contributed by atoms with van der Waals surface area (Å²) in [5, 5.41) is 3.18. The Morgan fingerprint density at radius 1 is 1.00 bits per heavy atom. The number of rotatable bonds is 4.